The lowest BCUT2D eigenvalue weighted by molar-refractivity contribution is -0.171. The first-order valence-corrected chi connectivity index (χ1v) is 8.71. The van der Waals surface area contributed by atoms with Crippen molar-refractivity contribution in [1.29, 1.82) is 0 Å². The average molecular weight is 311 g/mol. The minimum atomic E-state index is -0.275. The molecule has 0 spiro atoms. The zero-order chi connectivity index (χ0) is 13.8. The Kier molecular flexibility index (Phi) is 2.94. The molecular formula is C16H19ClO2S. The first-order chi connectivity index (χ1) is 9.57. The van der Waals surface area contributed by atoms with Crippen molar-refractivity contribution in [3.63, 3.8) is 0 Å². The van der Waals surface area contributed by atoms with Gasteiger partial charge in [0.1, 0.15) is 6.61 Å². The topological polar surface area (TPSA) is 26.3 Å². The largest absolute Gasteiger partial charge is 0.460 e. The van der Waals surface area contributed by atoms with Gasteiger partial charge in [-0.15, -0.1) is 22.9 Å². The van der Waals surface area contributed by atoms with Crippen LogP contribution in [0, 0.1) is 17.3 Å². The fourth-order valence-corrected chi connectivity index (χ4v) is 6.38. The zero-order valence-corrected chi connectivity index (χ0v) is 13.0. The number of thiophene rings is 1. The summed E-state index contributed by atoms with van der Waals surface area (Å²) in [6.07, 6.45) is 6.31. The highest BCUT2D eigenvalue weighted by atomic mass is 35.5. The van der Waals surface area contributed by atoms with E-state index in [-0.39, 0.29) is 16.3 Å². The molecule has 4 heteroatoms. The molecule has 1 aromatic rings. The number of hydrogen-bond donors (Lipinski definition) is 0. The Balaban J connectivity index is 1.51. The molecule has 5 rings (SSSR count). The summed E-state index contributed by atoms with van der Waals surface area (Å²) in [6.45, 7) is 0.420. The second-order valence-corrected chi connectivity index (χ2v) is 8.88. The van der Waals surface area contributed by atoms with Crippen LogP contribution in [0.15, 0.2) is 17.5 Å². The van der Waals surface area contributed by atoms with Gasteiger partial charge in [0.2, 0.25) is 0 Å². The van der Waals surface area contributed by atoms with Crippen LogP contribution in [0.1, 0.15) is 43.4 Å². The molecule has 0 radical (unpaired) electrons. The van der Waals surface area contributed by atoms with Crippen LogP contribution in [0.3, 0.4) is 0 Å². The molecule has 4 aliphatic carbocycles. The Labute approximate surface area is 128 Å². The summed E-state index contributed by atoms with van der Waals surface area (Å²) in [5, 5.41) is 2.02. The average Bonchev–Trinajstić information content (AvgIpc) is 2.85. The maximum absolute atomic E-state index is 12.7. The van der Waals surface area contributed by atoms with E-state index >= 15 is 0 Å². The number of esters is 1. The van der Waals surface area contributed by atoms with Crippen LogP contribution < -0.4 is 0 Å². The molecule has 2 nitrogen and oxygen atoms in total. The quantitative estimate of drug-likeness (QED) is 0.612. The Morgan fingerprint density at radius 3 is 2.70 bits per heavy atom. The molecule has 20 heavy (non-hydrogen) atoms. The maximum Gasteiger partial charge on any atom is 0.312 e. The van der Waals surface area contributed by atoms with Gasteiger partial charge in [-0.25, -0.2) is 0 Å². The molecule has 4 fully saturated rings. The van der Waals surface area contributed by atoms with Gasteiger partial charge >= 0.3 is 5.97 Å². The summed E-state index contributed by atoms with van der Waals surface area (Å²) in [4.78, 5) is 13.7. The highest BCUT2D eigenvalue weighted by Gasteiger charge is 2.60. The van der Waals surface area contributed by atoms with Gasteiger partial charge in [-0.1, -0.05) is 6.07 Å². The number of alkyl halides is 1. The van der Waals surface area contributed by atoms with Crippen molar-refractivity contribution in [1.82, 2.24) is 0 Å². The summed E-state index contributed by atoms with van der Waals surface area (Å²) < 4.78 is 5.63. The van der Waals surface area contributed by atoms with Crippen LogP contribution in [-0.4, -0.2) is 10.8 Å². The monoisotopic (exact) mass is 310 g/mol. The Bertz CT molecular complexity index is 511. The summed E-state index contributed by atoms with van der Waals surface area (Å²) in [5.41, 5.74) is -0.275. The minimum Gasteiger partial charge on any atom is -0.460 e. The van der Waals surface area contributed by atoms with Crippen molar-refractivity contribution in [2.24, 2.45) is 17.3 Å². The van der Waals surface area contributed by atoms with E-state index < -0.39 is 0 Å². The molecule has 1 aromatic heterocycles. The molecule has 0 N–H and O–H groups in total. The van der Waals surface area contributed by atoms with Crippen molar-refractivity contribution in [2.75, 3.05) is 0 Å². The first-order valence-electron chi connectivity index (χ1n) is 7.46. The van der Waals surface area contributed by atoms with E-state index in [4.69, 9.17) is 16.3 Å². The van der Waals surface area contributed by atoms with Gasteiger partial charge in [-0.05, 0) is 61.8 Å². The van der Waals surface area contributed by atoms with Gasteiger partial charge in [-0.2, -0.15) is 0 Å². The molecule has 4 bridgehead atoms. The fraction of sp³-hybridized carbons (Fsp3) is 0.688. The summed E-state index contributed by atoms with van der Waals surface area (Å²) >= 11 is 8.40. The maximum atomic E-state index is 12.7. The lowest BCUT2D eigenvalue weighted by Gasteiger charge is -2.58. The van der Waals surface area contributed by atoms with Gasteiger partial charge in [0.25, 0.3) is 0 Å². The third-order valence-corrected chi connectivity index (χ3v) is 6.64. The standard InChI is InChI=1S/C16H19ClO2S/c17-16-7-11-4-12(8-16)6-15(5-11,10-16)14(18)19-9-13-2-1-3-20-13/h1-3,11-12H,4-10H2/t11-,12+,15?,16?. The fourth-order valence-electron chi connectivity index (χ4n) is 5.07. The van der Waals surface area contributed by atoms with E-state index in [1.807, 2.05) is 17.5 Å². The summed E-state index contributed by atoms with van der Waals surface area (Å²) in [6, 6.07) is 4.01. The summed E-state index contributed by atoms with van der Waals surface area (Å²) in [7, 11) is 0. The van der Waals surface area contributed by atoms with Gasteiger partial charge in [0, 0.05) is 9.75 Å². The van der Waals surface area contributed by atoms with Crippen LogP contribution in [0.5, 0.6) is 0 Å². The molecule has 2 unspecified atom stereocenters. The molecular weight excluding hydrogens is 292 g/mol. The van der Waals surface area contributed by atoms with E-state index in [2.05, 4.69) is 0 Å². The van der Waals surface area contributed by atoms with Gasteiger partial charge in [0.05, 0.1) is 5.41 Å². The predicted octanol–water partition coefficient (Wildman–Crippen LogP) is 4.37. The number of rotatable bonds is 3. The molecule has 0 amide bonds. The Morgan fingerprint density at radius 1 is 1.35 bits per heavy atom. The van der Waals surface area contributed by atoms with Gasteiger partial charge < -0.3 is 4.74 Å². The summed E-state index contributed by atoms with van der Waals surface area (Å²) in [5.74, 6) is 1.29. The number of carbonyl (C=O) groups is 1. The number of ether oxygens (including phenoxy) is 1. The van der Waals surface area contributed by atoms with Crippen LogP contribution in [0.25, 0.3) is 0 Å². The van der Waals surface area contributed by atoms with Crippen molar-refractivity contribution >= 4 is 28.9 Å². The number of hydrogen-bond acceptors (Lipinski definition) is 3. The lowest BCUT2D eigenvalue weighted by atomic mass is 9.49. The third kappa shape index (κ3) is 2.10. The molecule has 4 atom stereocenters. The second kappa shape index (κ2) is 4.48. The first kappa shape index (κ1) is 13.1. The van der Waals surface area contributed by atoms with E-state index in [9.17, 15) is 4.79 Å². The highest BCUT2D eigenvalue weighted by molar-refractivity contribution is 7.09. The van der Waals surface area contributed by atoms with E-state index in [1.165, 1.54) is 6.42 Å². The van der Waals surface area contributed by atoms with Crippen molar-refractivity contribution in [3.05, 3.63) is 22.4 Å². The zero-order valence-electron chi connectivity index (χ0n) is 11.4. The predicted molar refractivity (Wildman–Crippen MR) is 79.8 cm³/mol. The van der Waals surface area contributed by atoms with Gasteiger partial charge in [-0.3, -0.25) is 4.79 Å². The van der Waals surface area contributed by atoms with Crippen LogP contribution >= 0.6 is 22.9 Å². The van der Waals surface area contributed by atoms with Crippen molar-refractivity contribution in [3.8, 4) is 0 Å². The van der Waals surface area contributed by atoms with E-state index in [0.717, 1.165) is 37.0 Å². The second-order valence-electron chi connectivity index (χ2n) is 7.05. The number of carbonyl (C=O) groups excluding carboxylic acids is 1. The third-order valence-electron chi connectivity index (χ3n) is 5.35. The van der Waals surface area contributed by atoms with Crippen LogP contribution in [0.4, 0.5) is 0 Å². The number of halogens is 1. The van der Waals surface area contributed by atoms with E-state index in [0.29, 0.717) is 18.4 Å². The van der Waals surface area contributed by atoms with Crippen LogP contribution in [-0.2, 0) is 16.1 Å². The highest BCUT2D eigenvalue weighted by Crippen LogP contribution is 2.64. The molecule has 0 aromatic carbocycles. The Hall–Kier alpha value is -0.540. The Morgan fingerprint density at radius 2 is 2.10 bits per heavy atom. The molecule has 108 valence electrons. The SMILES string of the molecule is O=C(OCc1cccs1)C12C[C@@H]3C[C@@H](CC(Cl)(C3)C1)C2. The minimum absolute atomic E-state index is 0.00465. The lowest BCUT2D eigenvalue weighted by Crippen LogP contribution is -2.56. The van der Waals surface area contributed by atoms with Gasteiger partial charge in [0.15, 0.2) is 0 Å². The molecule has 0 saturated heterocycles. The smallest absolute Gasteiger partial charge is 0.312 e. The van der Waals surface area contributed by atoms with Crippen molar-refractivity contribution < 1.29 is 9.53 Å². The normalized spacial score (nSPS) is 41.9. The molecule has 1 heterocycles. The van der Waals surface area contributed by atoms with Crippen LogP contribution in [0.2, 0.25) is 0 Å². The van der Waals surface area contributed by atoms with E-state index in [1.54, 1.807) is 11.3 Å². The molecule has 4 aliphatic rings. The molecule has 0 aliphatic heterocycles. The van der Waals surface area contributed by atoms with Crippen molar-refractivity contribution in [2.45, 2.75) is 50.0 Å². The molecule has 4 saturated carbocycles.